The topological polar surface area (TPSA) is 91.5 Å². The Labute approximate surface area is 119 Å². The molecule has 4 aromatic rings. The van der Waals surface area contributed by atoms with Crippen molar-refractivity contribution in [3.8, 4) is 0 Å². The average molecular weight is 298 g/mol. The monoisotopic (exact) mass is 298 g/mol. The van der Waals surface area contributed by atoms with Crippen LogP contribution in [0.1, 0.15) is 0 Å². The van der Waals surface area contributed by atoms with Crippen LogP contribution in [0.15, 0.2) is 58.8 Å². The van der Waals surface area contributed by atoms with E-state index in [1.54, 1.807) is 36.4 Å². The molecule has 6 nitrogen and oxygen atoms in total. The van der Waals surface area contributed by atoms with Gasteiger partial charge in [0.25, 0.3) is 0 Å². The van der Waals surface area contributed by atoms with Gasteiger partial charge in [-0.3, -0.25) is 0 Å². The summed E-state index contributed by atoms with van der Waals surface area (Å²) >= 11 is 0. The predicted molar refractivity (Wildman–Crippen MR) is 77.6 cm³/mol. The highest BCUT2D eigenvalue weighted by Crippen LogP contribution is 2.25. The molecule has 104 valence electrons. The normalized spacial score (nSPS) is 12.2. The Hall–Kier alpha value is -2.67. The lowest BCUT2D eigenvalue weighted by atomic mass is 10.3. The third kappa shape index (κ3) is 1.82. The number of nitrogens with one attached hydrogen (secondary N) is 2. The Morgan fingerprint density at radius 3 is 1.71 bits per heavy atom. The summed E-state index contributed by atoms with van der Waals surface area (Å²) in [6.07, 6.45) is 3.08. The number of benzene rings is 2. The highest BCUT2D eigenvalue weighted by molar-refractivity contribution is 7.91. The molecule has 0 radical (unpaired) electrons. The lowest BCUT2D eigenvalue weighted by Crippen LogP contribution is -2.01. The second-order valence-corrected chi connectivity index (χ2v) is 6.62. The number of rotatable bonds is 2. The summed E-state index contributed by atoms with van der Waals surface area (Å²) in [5, 5.41) is 0. The number of fused-ring (bicyclic) bond motifs is 2. The zero-order valence-corrected chi connectivity index (χ0v) is 11.6. The first-order valence-corrected chi connectivity index (χ1v) is 7.74. The van der Waals surface area contributed by atoms with E-state index in [2.05, 4.69) is 19.9 Å². The maximum Gasteiger partial charge on any atom is 0.206 e. The van der Waals surface area contributed by atoms with Gasteiger partial charge in [0.1, 0.15) is 0 Å². The van der Waals surface area contributed by atoms with Gasteiger partial charge >= 0.3 is 0 Å². The van der Waals surface area contributed by atoms with Gasteiger partial charge in [-0.05, 0) is 36.4 Å². The molecule has 2 heterocycles. The number of imidazole rings is 2. The second kappa shape index (κ2) is 4.16. The molecule has 0 aliphatic carbocycles. The molecule has 7 heteroatoms. The van der Waals surface area contributed by atoms with Crippen LogP contribution in [0.4, 0.5) is 0 Å². The van der Waals surface area contributed by atoms with Crippen molar-refractivity contribution in [2.24, 2.45) is 0 Å². The van der Waals surface area contributed by atoms with E-state index in [-0.39, 0.29) is 9.79 Å². The Morgan fingerprint density at radius 1 is 0.762 bits per heavy atom. The molecule has 21 heavy (non-hydrogen) atoms. The van der Waals surface area contributed by atoms with Crippen molar-refractivity contribution in [2.75, 3.05) is 0 Å². The number of aromatic nitrogens is 4. The molecule has 0 fully saturated rings. The molecule has 0 spiro atoms. The van der Waals surface area contributed by atoms with Gasteiger partial charge in [-0.15, -0.1) is 0 Å². The zero-order valence-electron chi connectivity index (χ0n) is 10.7. The van der Waals surface area contributed by atoms with E-state index in [1.165, 1.54) is 12.7 Å². The van der Waals surface area contributed by atoms with Gasteiger partial charge in [-0.25, -0.2) is 18.4 Å². The largest absolute Gasteiger partial charge is 0.345 e. The molecule has 4 rings (SSSR count). The van der Waals surface area contributed by atoms with Crippen LogP contribution in [0.5, 0.6) is 0 Å². The van der Waals surface area contributed by atoms with Crippen molar-refractivity contribution < 1.29 is 8.42 Å². The van der Waals surface area contributed by atoms with Crippen molar-refractivity contribution >= 4 is 31.9 Å². The Morgan fingerprint density at radius 2 is 1.24 bits per heavy atom. The third-order valence-electron chi connectivity index (χ3n) is 3.40. The smallest absolute Gasteiger partial charge is 0.206 e. The minimum atomic E-state index is -3.57. The van der Waals surface area contributed by atoms with E-state index in [9.17, 15) is 8.42 Å². The summed E-state index contributed by atoms with van der Waals surface area (Å²) < 4.78 is 25.4. The first-order valence-electron chi connectivity index (χ1n) is 6.26. The van der Waals surface area contributed by atoms with Crippen LogP contribution < -0.4 is 0 Å². The minimum Gasteiger partial charge on any atom is -0.345 e. The van der Waals surface area contributed by atoms with E-state index in [1.807, 2.05) is 0 Å². The Bertz CT molecular complexity index is 983. The van der Waals surface area contributed by atoms with Gasteiger partial charge < -0.3 is 9.97 Å². The maximum atomic E-state index is 12.7. The molecule has 0 saturated carbocycles. The van der Waals surface area contributed by atoms with Crippen molar-refractivity contribution in [3.05, 3.63) is 49.1 Å². The van der Waals surface area contributed by atoms with Crippen molar-refractivity contribution in [3.63, 3.8) is 0 Å². The fourth-order valence-corrected chi connectivity index (χ4v) is 3.61. The van der Waals surface area contributed by atoms with E-state index < -0.39 is 9.84 Å². The lowest BCUT2D eigenvalue weighted by molar-refractivity contribution is 0.596. The lowest BCUT2D eigenvalue weighted by Gasteiger charge is -2.04. The molecular formula is C14H10N4O2S. The van der Waals surface area contributed by atoms with Crippen LogP contribution in [0.2, 0.25) is 0 Å². The van der Waals surface area contributed by atoms with Gasteiger partial charge in [0.15, 0.2) is 0 Å². The van der Waals surface area contributed by atoms with Crippen LogP contribution in [0.25, 0.3) is 22.1 Å². The van der Waals surface area contributed by atoms with Crippen molar-refractivity contribution in [1.29, 1.82) is 0 Å². The Kier molecular flexibility index (Phi) is 2.40. The van der Waals surface area contributed by atoms with E-state index >= 15 is 0 Å². The molecule has 2 N–H and O–H groups in total. The van der Waals surface area contributed by atoms with Crippen LogP contribution in [-0.4, -0.2) is 28.4 Å². The molecule has 2 aromatic heterocycles. The average Bonchev–Trinajstić information content (AvgIpc) is 3.14. The fraction of sp³-hybridized carbons (Fsp3) is 0. The van der Waals surface area contributed by atoms with Gasteiger partial charge in [0, 0.05) is 0 Å². The number of sulfone groups is 1. The molecule has 0 atom stereocenters. The second-order valence-electron chi connectivity index (χ2n) is 4.67. The molecular weight excluding hydrogens is 288 g/mol. The number of aromatic amines is 2. The molecule has 0 unspecified atom stereocenters. The summed E-state index contributed by atoms with van der Waals surface area (Å²) in [4.78, 5) is 14.5. The Balaban J connectivity index is 1.91. The van der Waals surface area contributed by atoms with Crippen molar-refractivity contribution in [1.82, 2.24) is 19.9 Å². The number of hydrogen-bond donors (Lipinski definition) is 2. The van der Waals surface area contributed by atoms with Crippen LogP contribution in [0, 0.1) is 0 Å². The number of H-pyrrole nitrogens is 2. The zero-order chi connectivity index (χ0) is 14.4. The number of nitrogens with zero attached hydrogens (tertiary/aromatic N) is 2. The van der Waals surface area contributed by atoms with Crippen LogP contribution >= 0.6 is 0 Å². The fourth-order valence-electron chi connectivity index (χ4n) is 2.30. The molecule has 0 aliphatic rings. The van der Waals surface area contributed by atoms with Gasteiger partial charge in [0.2, 0.25) is 9.84 Å². The van der Waals surface area contributed by atoms with Gasteiger partial charge in [-0.2, -0.15) is 0 Å². The molecule has 2 aromatic carbocycles. The predicted octanol–water partition coefficient (Wildman–Crippen LogP) is 2.27. The van der Waals surface area contributed by atoms with Crippen LogP contribution in [0.3, 0.4) is 0 Å². The molecule has 0 bridgehead atoms. The van der Waals surface area contributed by atoms with Crippen LogP contribution in [-0.2, 0) is 9.84 Å². The molecule has 0 aliphatic heterocycles. The third-order valence-corrected chi connectivity index (χ3v) is 5.15. The summed E-state index contributed by atoms with van der Waals surface area (Å²) in [5.41, 5.74) is 2.85. The van der Waals surface area contributed by atoms with E-state index in [4.69, 9.17) is 0 Å². The standard InChI is InChI=1S/C14H10N4O2S/c19-21(20,9-1-3-11-13(5-9)17-7-15-11)10-2-4-12-14(6-10)18-8-16-12/h1-8H,(H,15,17)(H,16,18). The number of hydrogen-bond acceptors (Lipinski definition) is 4. The summed E-state index contributed by atoms with van der Waals surface area (Å²) in [6, 6.07) is 9.69. The highest BCUT2D eigenvalue weighted by Gasteiger charge is 2.19. The maximum absolute atomic E-state index is 12.7. The summed E-state index contributed by atoms with van der Waals surface area (Å²) in [6.45, 7) is 0. The SMILES string of the molecule is O=S(=O)(c1ccc2nc[nH]c2c1)c1ccc2nc[nH]c2c1. The van der Waals surface area contributed by atoms with Gasteiger partial charge in [0.05, 0.1) is 44.5 Å². The highest BCUT2D eigenvalue weighted by atomic mass is 32.2. The van der Waals surface area contributed by atoms with E-state index in [0.717, 1.165) is 11.0 Å². The summed E-state index contributed by atoms with van der Waals surface area (Å²) in [7, 11) is -3.57. The van der Waals surface area contributed by atoms with Crippen molar-refractivity contribution in [2.45, 2.75) is 9.79 Å². The van der Waals surface area contributed by atoms with Gasteiger partial charge in [-0.1, -0.05) is 0 Å². The molecule has 0 amide bonds. The quantitative estimate of drug-likeness (QED) is 0.594. The van der Waals surface area contributed by atoms with E-state index in [0.29, 0.717) is 11.0 Å². The minimum absolute atomic E-state index is 0.234. The summed E-state index contributed by atoms with van der Waals surface area (Å²) in [5.74, 6) is 0. The first kappa shape index (κ1) is 12.1. The first-order chi connectivity index (χ1) is 10.1. The molecule has 0 saturated heterocycles.